The minimum atomic E-state index is 0.649. The monoisotopic (exact) mass is 317 g/mol. The summed E-state index contributed by atoms with van der Waals surface area (Å²) in [5.74, 6) is 1.40. The Balaban J connectivity index is 2.15. The number of halogens is 1. The van der Waals surface area contributed by atoms with Gasteiger partial charge in [0.2, 0.25) is 0 Å². The summed E-state index contributed by atoms with van der Waals surface area (Å²) < 4.78 is 1.14. The SMILES string of the molecule is Cc1cc(-c2nc(N)c3c(n2)CCC3)cc(C)c1Br. The molecule has 0 spiro atoms. The molecule has 0 aliphatic heterocycles. The lowest BCUT2D eigenvalue weighted by molar-refractivity contribution is 0.900. The number of nitrogens with zero attached hydrogens (tertiary/aromatic N) is 2. The minimum Gasteiger partial charge on any atom is -0.383 e. The molecule has 0 radical (unpaired) electrons. The van der Waals surface area contributed by atoms with Gasteiger partial charge >= 0.3 is 0 Å². The molecule has 3 nitrogen and oxygen atoms in total. The summed E-state index contributed by atoms with van der Waals surface area (Å²) in [4.78, 5) is 9.17. The third kappa shape index (κ3) is 2.14. The molecule has 0 atom stereocenters. The van der Waals surface area contributed by atoms with Crippen LogP contribution in [-0.4, -0.2) is 9.97 Å². The van der Waals surface area contributed by atoms with Gasteiger partial charge in [-0.2, -0.15) is 0 Å². The zero-order valence-electron chi connectivity index (χ0n) is 11.1. The summed E-state index contributed by atoms with van der Waals surface area (Å²) in [7, 11) is 0. The summed E-state index contributed by atoms with van der Waals surface area (Å²) in [6.45, 7) is 4.16. The molecule has 0 fully saturated rings. The number of rotatable bonds is 1. The second-order valence-corrected chi connectivity index (χ2v) is 5.93. The van der Waals surface area contributed by atoms with Gasteiger partial charge in [0.25, 0.3) is 0 Å². The van der Waals surface area contributed by atoms with Crippen LogP contribution in [0.5, 0.6) is 0 Å². The summed E-state index contributed by atoms with van der Waals surface area (Å²) in [6, 6.07) is 4.21. The van der Waals surface area contributed by atoms with E-state index in [0.717, 1.165) is 46.4 Å². The van der Waals surface area contributed by atoms with Crippen molar-refractivity contribution in [1.82, 2.24) is 9.97 Å². The number of nitrogen functional groups attached to an aromatic ring is 1. The zero-order chi connectivity index (χ0) is 13.6. The van der Waals surface area contributed by atoms with Crippen LogP contribution < -0.4 is 5.73 Å². The van der Waals surface area contributed by atoms with Crippen molar-refractivity contribution in [1.29, 1.82) is 0 Å². The molecular formula is C15H16BrN3. The van der Waals surface area contributed by atoms with Crippen LogP contribution in [0, 0.1) is 13.8 Å². The fourth-order valence-corrected chi connectivity index (χ4v) is 2.89. The van der Waals surface area contributed by atoms with Crippen LogP contribution in [0.3, 0.4) is 0 Å². The van der Waals surface area contributed by atoms with Crippen molar-refractivity contribution in [3.63, 3.8) is 0 Å². The molecule has 0 saturated heterocycles. The van der Waals surface area contributed by atoms with Gasteiger partial charge in [-0.15, -0.1) is 0 Å². The molecule has 1 aromatic heterocycles. The van der Waals surface area contributed by atoms with Crippen LogP contribution >= 0.6 is 15.9 Å². The molecule has 1 aromatic carbocycles. The van der Waals surface area contributed by atoms with Crippen molar-refractivity contribution in [2.24, 2.45) is 0 Å². The van der Waals surface area contributed by atoms with Gasteiger partial charge in [0.05, 0.1) is 0 Å². The third-order valence-corrected chi connectivity index (χ3v) is 4.91. The first-order valence-corrected chi connectivity index (χ1v) is 7.28. The first kappa shape index (κ1) is 12.6. The van der Waals surface area contributed by atoms with Gasteiger partial charge in [0.1, 0.15) is 5.82 Å². The number of benzene rings is 1. The normalized spacial score (nSPS) is 13.6. The molecule has 2 aromatic rings. The van der Waals surface area contributed by atoms with Crippen molar-refractivity contribution in [2.75, 3.05) is 5.73 Å². The highest BCUT2D eigenvalue weighted by Gasteiger charge is 2.18. The van der Waals surface area contributed by atoms with E-state index in [1.807, 2.05) is 0 Å². The number of aromatic nitrogens is 2. The highest BCUT2D eigenvalue weighted by molar-refractivity contribution is 9.10. The second-order valence-electron chi connectivity index (χ2n) is 5.14. The molecule has 0 saturated carbocycles. The van der Waals surface area contributed by atoms with E-state index in [2.05, 4.69) is 51.9 Å². The lowest BCUT2D eigenvalue weighted by Gasteiger charge is -2.10. The highest BCUT2D eigenvalue weighted by Crippen LogP contribution is 2.30. The Bertz CT molecular complexity index is 642. The molecule has 2 N–H and O–H groups in total. The average Bonchev–Trinajstić information content (AvgIpc) is 2.84. The maximum Gasteiger partial charge on any atom is 0.161 e. The molecule has 0 bridgehead atoms. The van der Waals surface area contributed by atoms with Crippen LogP contribution in [0.4, 0.5) is 5.82 Å². The van der Waals surface area contributed by atoms with Gasteiger partial charge in [-0.25, -0.2) is 9.97 Å². The quantitative estimate of drug-likeness (QED) is 0.874. The van der Waals surface area contributed by atoms with Gasteiger partial charge in [0, 0.05) is 21.3 Å². The van der Waals surface area contributed by atoms with Crippen LogP contribution in [0.15, 0.2) is 16.6 Å². The van der Waals surface area contributed by atoms with E-state index in [4.69, 9.17) is 5.73 Å². The highest BCUT2D eigenvalue weighted by atomic mass is 79.9. The first-order valence-electron chi connectivity index (χ1n) is 6.48. The standard InChI is InChI=1S/C15H16BrN3/c1-8-6-10(7-9(2)13(8)16)15-18-12-5-3-4-11(12)14(17)19-15/h6-7H,3-5H2,1-2H3,(H2,17,18,19). The lowest BCUT2D eigenvalue weighted by atomic mass is 10.1. The van der Waals surface area contributed by atoms with Crippen molar-refractivity contribution in [2.45, 2.75) is 33.1 Å². The number of aryl methyl sites for hydroxylation is 3. The maximum atomic E-state index is 6.06. The molecule has 1 aliphatic rings. The number of nitrogens with two attached hydrogens (primary N) is 1. The van der Waals surface area contributed by atoms with Crippen LogP contribution in [0.25, 0.3) is 11.4 Å². The van der Waals surface area contributed by atoms with E-state index < -0.39 is 0 Å². The Morgan fingerprint density at radius 1 is 1.11 bits per heavy atom. The van der Waals surface area contributed by atoms with E-state index in [-0.39, 0.29) is 0 Å². The fraction of sp³-hybridized carbons (Fsp3) is 0.333. The van der Waals surface area contributed by atoms with Crippen molar-refractivity contribution in [3.05, 3.63) is 39.0 Å². The average molecular weight is 318 g/mol. The van der Waals surface area contributed by atoms with E-state index in [9.17, 15) is 0 Å². The van der Waals surface area contributed by atoms with Crippen molar-refractivity contribution < 1.29 is 0 Å². The molecular weight excluding hydrogens is 302 g/mol. The minimum absolute atomic E-state index is 0.649. The fourth-order valence-electron chi connectivity index (χ4n) is 2.67. The van der Waals surface area contributed by atoms with E-state index in [1.165, 1.54) is 11.1 Å². The summed E-state index contributed by atoms with van der Waals surface area (Å²) in [6.07, 6.45) is 3.17. The van der Waals surface area contributed by atoms with Crippen LogP contribution in [0.2, 0.25) is 0 Å². The Morgan fingerprint density at radius 3 is 2.47 bits per heavy atom. The van der Waals surface area contributed by atoms with Crippen LogP contribution in [-0.2, 0) is 12.8 Å². The summed E-state index contributed by atoms with van der Waals surface area (Å²) >= 11 is 3.58. The Labute approximate surface area is 121 Å². The molecule has 3 rings (SSSR count). The van der Waals surface area contributed by atoms with E-state index in [1.54, 1.807) is 0 Å². The van der Waals surface area contributed by atoms with Gasteiger partial charge in [-0.05, 0) is 56.4 Å². The topological polar surface area (TPSA) is 51.8 Å². The first-order chi connectivity index (χ1) is 9.06. The number of anilines is 1. The number of hydrogen-bond acceptors (Lipinski definition) is 3. The maximum absolute atomic E-state index is 6.06. The van der Waals surface area contributed by atoms with Crippen LogP contribution in [0.1, 0.15) is 28.8 Å². The largest absolute Gasteiger partial charge is 0.383 e. The second kappa shape index (κ2) is 4.60. The smallest absolute Gasteiger partial charge is 0.161 e. The van der Waals surface area contributed by atoms with Gasteiger partial charge in [-0.3, -0.25) is 0 Å². The molecule has 1 aliphatic carbocycles. The molecule has 19 heavy (non-hydrogen) atoms. The van der Waals surface area contributed by atoms with Crippen molar-refractivity contribution in [3.8, 4) is 11.4 Å². The van der Waals surface area contributed by atoms with E-state index in [0.29, 0.717) is 5.82 Å². The summed E-state index contributed by atoms with van der Waals surface area (Å²) in [5.41, 5.74) is 11.8. The summed E-state index contributed by atoms with van der Waals surface area (Å²) in [5, 5.41) is 0. The molecule has 1 heterocycles. The number of hydrogen-bond donors (Lipinski definition) is 1. The van der Waals surface area contributed by atoms with Gasteiger partial charge < -0.3 is 5.73 Å². The Morgan fingerprint density at radius 2 is 1.79 bits per heavy atom. The predicted octanol–water partition coefficient (Wildman–Crippen LogP) is 3.59. The third-order valence-electron chi connectivity index (χ3n) is 3.66. The Hall–Kier alpha value is -1.42. The zero-order valence-corrected chi connectivity index (χ0v) is 12.7. The lowest BCUT2D eigenvalue weighted by Crippen LogP contribution is -2.03. The van der Waals surface area contributed by atoms with Crippen molar-refractivity contribution >= 4 is 21.7 Å². The molecule has 98 valence electrons. The molecule has 0 amide bonds. The predicted molar refractivity (Wildman–Crippen MR) is 81.1 cm³/mol. The van der Waals surface area contributed by atoms with Gasteiger partial charge in [-0.1, -0.05) is 15.9 Å². The molecule has 4 heteroatoms. The van der Waals surface area contributed by atoms with Gasteiger partial charge in [0.15, 0.2) is 5.82 Å². The number of fused-ring (bicyclic) bond motifs is 1. The molecule has 0 unspecified atom stereocenters. The van der Waals surface area contributed by atoms with E-state index >= 15 is 0 Å². The Kier molecular flexibility index (Phi) is 3.05.